The van der Waals surface area contributed by atoms with Gasteiger partial charge in [0.05, 0.1) is 33.8 Å². The number of nitrogens with zero attached hydrogens (tertiary/aromatic N) is 1. The SMILES string of the molecule is CCCCC/C=C\C/C=C\C/C=C\C/C=C\CCCCCCCCCC(=O)OC(/C=C\CCCCCCCCCCCC)C(COP(=O)(O)OCC[N+](C)(C)C)NC(=O)CCCCCCCCC/C=C/CCCCCCCC. The van der Waals surface area contributed by atoms with Crippen molar-refractivity contribution < 1.29 is 37.3 Å². The summed E-state index contributed by atoms with van der Waals surface area (Å²) in [4.78, 5) is 37.8. The highest BCUT2D eigenvalue weighted by molar-refractivity contribution is 7.47. The molecular weight excluding hydrogens is 988 g/mol. The van der Waals surface area contributed by atoms with Crippen LogP contribution in [0.5, 0.6) is 0 Å². The first kappa shape index (κ1) is 75.5. The molecule has 0 spiro atoms. The molecule has 0 rings (SSSR count). The van der Waals surface area contributed by atoms with Crippen molar-refractivity contribution in [1.82, 2.24) is 5.32 Å². The molecule has 2 N–H and O–H groups in total. The lowest BCUT2D eigenvalue weighted by Crippen LogP contribution is -2.47. The second kappa shape index (κ2) is 57.7. The van der Waals surface area contributed by atoms with Crippen LogP contribution in [0.4, 0.5) is 0 Å². The quantitative estimate of drug-likeness (QED) is 0.0205. The fourth-order valence-electron chi connectivity index (χ4n) is 9.27. The Hall–Kier alpha value is -2.55. The molecule has 0 aromatic carbocycles. The predicted octanol–water partition coefficient (Wildman–Crippen LogP) is 20.4. The molecule has 1 amide bonds. The lowest BCUT2D eigenvalue weighted by molar-refractivity contribution is -0.870. The molecule has 9 nitrogen and oxygen atoms in total. The van der Waals surface area contributed by atoms with Crippen LogP contribution in [0, 0.1) is 0 Å². The van der Waals surface area contributed by atoms with Crippen molar-refractivity contribution in [2.75, 3.05) is 40.9 Å². The third kappa shape index (κ3) is 58.1. The summed E-state index contributed by atoms with van der Waals surface area (Å²) in [5, 5.41) is 3.06. The van der Waals surface area contributed by atoms with Gasteiger partial charge in [-0.15, -0.1) is 0 Å². The number of unbranched alkanes of at least 4 members (excludes halogenated alkanes) is 33. The van der Waals surface area contributed by atoms with Crippen LogP contribution in [-0.2, 0) is 27.9 Å². The monoisotopic (exact) mass is 1110 g/mol. The molecule has 0 aliphatic heterocycles. The van der Waals surface area contributed by atoms with Crippen molar-refractivity contribution in [2.45, 2.75) is 309 Å². The van der Waals surface area contributed by atoms with Gasteiger partial charge in [-0.1, -0.05) is 255 Å². The van der Waals surface area contributed by atoms with Crippen LogP contribution in [0.25, 0.3) is 0 Å². The molecule has 0 aliphatic rings. The molecule has 0 radical (unpaired) electrons. The first-order chi connectivity index (χ1) is 37.9. The second-order valence-electron chi connectivity index (χ2n) is 23.3. The highest BCUT2D eigenvalue weighted by Gasteiger charge is 2.30. The molecule has 0 saturated heterocycles. The van der Waals surface area contributed by atoms with Crippen LogP contribution < -0.4 is 5.32 Å². The largest absolute Gasteiger partial charge is 0.472 e. The summed E-state index contributed by atoms with van der Waals surface area (Å²) in [6, 6.07) is -0.858. The number of rotatable bonds is 59. The van der Waals surface area contributed by atoms with Gasteiger partial charge >= 0.3 is 13.8 Å². The lowest BCUT2D eigenvalue weighted by atomic mass is 10.0. The van der Waals surface area contributed by atoms with E-state index >= 15 is 0 Å². The first-order valence-electron chi connectivity index (χ1n) is 32.8. The molecule has 3 unspecified atom stereocenters. The zero-order valence-electron chi connectivity index (χ0n) is 51.9. The number of nitrogens with one attached hydrogen (secondary N) is 1. The molecule has 0 fully saturated rings. The summed E-state index contributed by atoms with van der Waals surface area (Å²) in [7, 11) is 1.49. The maximum absolute atomic E-state index is 13.6. The minimum Gasteiger partial charge on any atom is -0.456 e. The van der Waals surface area contributed by atoms with E-state index < -0.39 is 20.0 Å². The van der Waals surface area contributed by atoms with Crippen molar-refractivity contribution in [3.05, 3.63) is 72.9 Å². The topological polar surface area (TPSA) is 111 Å². The minimum absolute atomic E-state index is 0.0357. The minimum atomic E-state index is -4.46. The first-order valence-corrected chi connectivity index (χ1v) is 34.3. The van der Waals surface area contributed by atoms with Gasteiger partial charge in [0.1, 0.15) is 19.3 Å². The molecule has 454 valence electrons. The summed E-state index contributed by atoms with van der Waals surface area (Å²) >= 11 is 0. The van der Waals surface area contributed by atoms with Crippen molar-refractivity contribution >= 4 is 19.7 Å². The number of hydrogen-bond acceptors (Lipinski definition) is 6. The molecule has 78 heavy (non-hydrogen) atoms. The number of phosphoric ester groups is 1. The molecule has 0 saturated carbocycles. The maximum Gasteiger partial charge on any atom is 0.472 e. The Kier molecular flexibility index (Phi) is 55.8. The zero-order chi connectivity index (χ0) is 57.2. The van der Waals surface area contributed by atoms with Crippen molar-refractivity contribution in [2.24, 2.45) is 0 Å². The van der Waals surface area contributed by atoms with Crippen molar-refractivity contribution in [1.29, 1.82) is 0 Å². The van der Waals surface area contributed by atoms with Crippen LogP contribution in [-0.4, -0.2) is 74.3 Å². The summed E-state index contributed by atoms with van der Waals surface area (Å²) in [5.74, 6) is -0.518. The van der Waals surface area contributed by atoms with Crippen LogP contribution in [0.3, 0.4) is 0 Å². The maximum atomic E-state index is 13.6. The van der Waals surface area contributed by atoms with Gasteiger partial charge in [0.25, 0.3) is 0 Å². The Bertz CT molecular complexity index is 1570. The van der Waals surface area contributed by atoms with Gasteiger partial charge in [0.2, 0.25) is 5.91 Å². The number of likely N-dealkylation sites (N-methyl/N-ethyl adjacent to an activating group) is 1. The van der Waals surface area contributed by atoms with E-state index in [1.807, 2.05) is 33.3 Å². The third-order valence-electron chi connectivity index (χ3n) is 14.4. The van der Waals surface area contributed by atoms with Crippen LogP contribution in [0.2, 0.25) is 0 Å². The molecule has 0 heterocycles. The van der Waals surface area contributed by atoms with Crippen LogP contribution in [0.15, 0.2) is 72.9 Å². The number of ether oxygens (including phenoxy) is 1. The Morgan fingerprint density at radius 2 is 0.782 bits per heavy atom. The number of amides is 1. The number of carbonyl (C=O) groups is 2. The van der Waals surface area contributed by atoms with E-state index in [4.69, 9.17) is 13.8 Å². The molecule has 0 bridgehead atoms. The van der Waals surface area contributed by atoms with Gasteiger partial charge in [-0.25, -0.2) is 4.57 Å². The third-order valence-corrected chi connectivity index (χ3v) is 15.4. The molecule has 10 heteroatoms. The molecular formula is C68H126N2O7P+. The number of hydrogen-bond donors (Lipinski definition) is 2. The Morgan fingerprint density at radius 3 is 1.21 bits per heavy atom. The number of allylic oxidation sites excluding steroid dienone is 11. The van der Waals surface area contributed by atoms with E-state index in [1.54, 1.807) is 0 Å². The van der Waals surface area contributed by atoms with Gasteiger partial charge in [-0.3, -0.25) is 18.6 Å². The van der Waals surface area contributed by atoms with Gasteiger partial charge in [0.15, 0.2) is 0 Å². The summed E-state index contributed by atoms with van der Waals surface area (Å²) < 4.78 is 30.7. The Labute approximate surface area is 483 Å². The zero-order valence-corrected chi connectivity index (χ0v) is 52.8. The van der Waals surface area contributed by atoms with Gasteiger partial charge in [-0.2, -0.15) is 0 Å². The normalized spacial score (nSPS) is 14.1. The standard InChI is InChI=1S/C68H125N2O7P/c1-7-10-13-16-19-22-25-28-30-32-33-34-35-36-37-39-41-43-46-49-52-55-58-61-68(72)77-66(59-56-53-50-47-44-27-24-21-18-15-12-9-3)65(64-76-78(73,74)75-63-62-70(4,5)6)69-67(71)60-57-54-51-48-45-42-40-38-31-29-26-23-20-17-14-11-8-2/h19,22,28-31,33-34,36-37,56,59,65-66H,7-18,20-21,23-27,32,35,38-55,57-58,60-64H2,1-6H3,(H-,69,71,73,74)/p+1/b22-19-,30-28-,31-29+,34-33-,37-36-,59-56-. The smallest absolute Gasteiger partial charge is 0.456 e. The highest BCUT2D eigenvalue weighted by atomic mass is 31.2. The van der Waals surface area contributed by atoms with E-state index in [1.165, 1.54) is 161 Å². The predicted molar refractivity (Wildman–Crippen MR) is 337 cm³/mol. The number of phosphoric acid groups is 1. The lowest BCUT2D eigenvalue weighted by Gasteiger charge is -2.27. The van der Waals surface area contributed by atoms with E-state index in [2.05, 4.69) is 86.8 Å². The van der Waals surface area contributed by atoms with E-state index in [9.17, 15) is 19.0 Å². The molecule has 0 aliphatic carbocycles. The average Bonchev–Trinajstić information content (AvgIpc) is 3.40. The molecule has 3 atom stereocenters. The number of esters is 1. The van der Waals surface area contributed by atoms with Gasteiger partial charge in [0, 0.05) is 12.8 Å². The molecule has 0 aromatic heterocycles. The Morgan fingerprint density at radius 1 is 0.449 bits per heavy atom. The van der Waals surface area contributed by atoms with Gasteiger partial charge < -0.3 is 19.4 Å². The number of carbonyl (C=O) groups excluding carboxylic acids is 2. The molecule has 0 aromatic rings. The van der Waals surface area contributed by atoms with E-state index in [0.29, 0.717) is 17.4 Å². The van der Waals surface area contributed by atoms with E-state index in [-0.39, 0.29) is 31.5 Å². The summed E-state index contributed by atoms with van der Waals surface area (Å²) in [6.07, 6.45) is 74.6. The average molecular weight is 1110 g/mol. The highest BCUT2D eigenvalue weighted by Crippen LogP contribution is 2.43. The summed E-state index contributed by atoms with van der Waals surface area (Å²) in [5.41, 5.74) is 0. The van der Waals surface area contributed by atoms with Crippen LogP contribution >= 0.6 is 7.82 Å². The fourth-order valence-corrected chi connectivity index (χ4v) is 10.0. The van der Waals surface area contributed by atoms with Crippen molar-refractivity contribution in [3.8, 4) is 0 Å². The van der Waals surface area contributed by atoms with E-state index in [0.717, 1.165) is 103 Å². The fraction of sp³-hybridized carbons (Fsp3) is 0.794. The van der Waals surface area contributed by atoms with Gasteiger partial charge in [-0.05, 0) is 102 Å². The Balaban J connectivity index is 5.21. The second-order valence-corrected chi connectivity index (χ2v) is 24.7. The number of quaternary nitrogens is 1. The van der Waals surface area contributed by atoms with Crippen molar-refractivity contribution in [3.63, 3.8) is 0 Å². The van der Waals surface area contributed by atoms with Crippen LogP contribution in [0.1, 0.15) is 297 Å². The summed E-state index contributed by atoms with van der Waals surface area (Å²) in [6.45, 7) is 6.99.